The number of allylic oxidation sites excluding steroid dienone is 1. The van der Waals surface area contributed by atoms with Gasteiger partial charge < -0.3 is 9.64 Å². The summed E-state index contributed by atoms with van der Waals surface area (Å²) in [6.07, 6.45) is 2.88. The number of thioether (sulfide) groups is 1. The van der Waals surface area contributed by atoms with E-state index in [0.29, 0.717) is 16.9 Å². The van der Waals surface area contributed by atoms with Crippen LogP contribution in [-0.2, 0) is 4.79 Å². The van der Waals surface area contributed by atoms with Crippen LogP contribution in [0.2, 0.25) is 0 Å². The van der Waals surface area contributed by atoms with Crippen LogP contribution in [0.5, 0.6) is 5.75 Å². The van der Waals surface area contributed by atoms with E-state index in [1.165, 1.54) is 41.3 Å². The van der Waals surface area contributed by atoms with Gasteiger partial charge in [-0.05, 0) is 59.8 Å². The summed E-state index contributed by atoms with van der Waals surface area (Å²) in [6, 6.07) is 12.1. The van der Waals surface area contributed by atoms with E-state index in [9.17, 15) is 22.8 Å². The number of rotatable bonds is 7. The Morgan fingerprint density at radius 1 is 1.04 bits per heavy atom. The second kappa shape index (κ2) is 9.45. The lowest BCUT2D eigenvalue weighted by molar-refractivity contribution is -0.130. The molecule has 0 bridgehead atoms. The van der Waals surface area contributed by atoms with Gasteiger partial charge in [0.05, 0.1) is 0 Å². The average molecular weight is 409 g/mol. The van der Waals surface area contributed by atoms with Gasteiger partial charge in [-0.15, -0.1) is 0 Å². The minimum atomic E-state index is -4.33. The van der Waals surface area contributed by atoms with Crippen LogP contribution in [0.3, 0.4) is 0 Å². The quantitative estimate of drug-likeness (QED) is 0.379. The van der Waals surface area contributed by atoms with Crippen molar-refractivity contribution in [3.05, 3.63) is 65.7 Å². The van der Waals surface area contributed by atoms with Gasteiger partial charge in [0.25, 0.3) is 5.91 Å². The third kappa shape index (κ3) is 7.11. The molecule has 1 amide bonds. The zero-order valence-corrected chi connectivity index (χ0v) is 16.0. The van der Waals surface area contributed by atoms with Gasteiger partial charge in [0.15, 0.2) is 12.4 Å². The number of carbonyl (C=O) groups excluding carboxylic acids is 2. The number of nitrogens with zero attached hydrogens (tertiary/aromatic N) is 1. The number of alkyl halides is 3. The minimum absolute atomic E-state index is 0.0827. The maximum Gasteiger partial charge on any atom is 0.446 e. The number of carbonyl (C=O) groups is 2. The Labute approximate surface area is 165 Å². The number of ketones is 1. The monoisotopic (exact) mass is 409 g/mol. The number of benzene rings is 2. The first-order valence-corrected chi connectivity index (χ1v) is 8.97. The molecule has 0 heterocycles. The number of hydrogen-bond donors (Lipinski definition) is 0. The molecule has 0 aromatic heterocycles. The summed E-state index contributed by atoms with van der Waals surface area (Å²) >= 11 is -0.187. The standard InChI is InChI=1S/C20H18F3NO3S/c1-24(2)19(26)13-27-16-8-6-15(7-9-16)18(25)12-5-14-3-10-17(11-4-14)28-20(21,22)23/h3-12H,13H2,1-2H3/b12-5+. The molecule has 148 valence electrons. The number of hydrogen-bond acceptors (Lipinski definition) is 4. The zero-order chi connectivity index (χ0) is 20.7. The van der Waals surface area contributed by atoms with Crippen molar-refractivity contribution in [3.8, 4) is 5.75 Å². The molecule has 4 nitrogen and oxygen atoms in total. The highest BCUT2D eigenvalue weighted by molar-refractivity contribution is 8.00. The van der Waals surface area contributed by atoms with Crippen molar-refractivity contribution < 1.29 is 27.5 Å². The van der Waals surface area contributed by atoms with E-state index < -0.39 is 5.51 Å². The van der Waals surface area contributed by atoms with Crippen LogP contribution in [0.1, 0.15) is 15.9 Å². The largest absolute Gasteiger partial charge is 0.484 e. The fourth-order valence-corrected chi connectivity index (χ4v) is 2.58. The molecule has 2 aromatic carbocycles. The van der Waals surface area contributed by atoms with Crippen molar-refractivity contribution in [1.82, 2.24) is 4.90 Å². The molecule has 0 unspecified atom stereocenters. The van der Waals surface area contributed by atoms with Gasteiger partial charge in [0.1, 0.15) is 5.75 Å². The lowest BCUT2D eigenvalue weighted by atomic mass is 10.1. The lowest BCUT2D eigenvalue weighted by Crippen LogP contribution is -2.27. The number of amides is 1. The van der Waals surface area contributed by atoms with Gasteiger partial charge in [0, 0.05) is 24.6 Å². The summed E-state index contributed by atoms with van der Waals surface area (Å²) in [5, 5.41) is 0. The van der Waals surface area contributed by atoms with Crippen LogP contribution in [0, 0.1) is 0 Å². The third-order valence-electron chi connectivity index (χ3n) is 3.54. The molecule has 0 fully saturated rings. The predicted octanol–water partition coefficient (Wildman–Crippen LogP) is 4.66. The van der Waals surface area contributed by atoms with E-state index >= 15 is 0 Å². The number of halogens is 3. The topological polar surface area (TPSA) is 46.6 Å². The average Bonchev–Trinajstić information content (AvgIpc) is 2.64. The first kappa shape index (κ1) is 21.6. The van der Waals surface area contributed by atoms with Gasteiger partial charge in [0.2, 0.25) is 0 Å². The van der Waals surface area contributed by atoms with E-state index in [0.717, 1.165) is 0 Å². The number of ether oxygens (including phenoxy) is 1. The van der Waals surface area contributed by atoms with Crippen molar-refractivity contribution in [2.45, 2.75) is 10.4 Å². The highest BCUT2D eigenvalue weighted by atomic mass is 32.2. The zero-order valence-electron chi connectivity index (χ0n) is 15.2. The molecule has 0 saturated carbocycles. The van der Waals surface area contributed by atoms with Crippen LogP contribution >= 0.6 is 11.8 Å². The first-order chi connectivity index (χ1) is 13.1. The molecule has 8 heteroatoms. The summed E-state index contributed by atoms with van der Waals surface area (Å²) in [4.78, 5) is 25.2. The van der Waals surface area contributed by atoms with E-state index in [2.05, 4.69) is 0 Å². The fourth-order valence-electron chi connectivity index (χ4n) is 2.04. The maximum atomic E-state index is 12.3. The van der Waals surface area contributed by atoms with Crippen LogP contribution in [0.4, 0.5) is 13.2 Å². The third-order valence-corrected chi connectivity index (χ3v) is 4.28. The normalized spacial score (nSPS) is 11.5. The van der Waals surface area contributed by atoms with Gasteiger partial charge in [-0.3, -0.25) is 9.59 Å². The van der Waals surface area contributed by atoms with Crippen molar-refractivity contribution in [3.63, 3.8) is 0 Å². The van der Waals surface area contributed by atoms with Crippen molar-refractivity contribution >= 4 is 29.5 Å². The Bertz CT molecular complexity index is 844. The molecule has 0 aliphatic rings. The van der Waals surface area contributed by atoms with Crippen molar-refractivity contribution in [2.75, 3.05) is 20.7 Å². The second-order valence-corrected chi connectivity index (χ2v) is 7.05. The Kier molecular flexibility index (Phi) is 7.28. The van der Waals surface area contributed by atoms with Crippen molar-refractivity contribution in [1.29, 1.82) is 0 Å². The fraction of sp³-hybridized carbons (Fsp3) is 0.200. The van der Waals surface area contributed by atoms with Crippen LogP contribution in [0.15, 0.2) is 59.5 Å². The van der Waals surface area contributed by atoms with Crippen LogP contribution in [-0.4, -0.2) is 42.8 Å². The summed E-state index contributed by atoms with van der Waals surface area (Å²) in [6.45, 7) is -0.0944. The van der Waals surface area contributed by atoms with Crippen LogP contribution in [0.25, 0.3) is 6.08 Å². The molecule has 0 saturated heterocycles. The van der Waals surface area contributed by atoms with E-state index in [1.54, 1.807) is 38.4 Å². The molecule has 0 atom stereocenters. The second-order valence-electron chi connectivity index (χ2n) is 5.92. The van der Waals surface area contributed by atoms with E-state index in [-0.39, 0.29) is 35.0 Å². The number of likely N-dealkylation sites (N-methyl/N-ethyl adjacent to an activating group) is 1. The molecule has 0 spiro atoms. The molecule has 0 aliphatic heterocycles. The summed E-state index contributed by atoms with van der Waals surface area (Å²) in [5.41, 5.74) is -3.29. The van der Waals surface area contributed by atoms with Gasteiger partial charge in [-0.1, -0.05) is 18.2 Å². The predicted molar refractivity (Wildman–Crippen MR) is 102 cm³/mol. The van der Waals surface area contributed by atoms with Gasteiger partial charge in [-0.2, -0.15) is 13.2 Å². The molecule has 0 radical (unpaired) electrons. The van der Waals surface area contributed by atoms with Crippen molar-refractivity contribution in [2.24, 2.45) is 0 Å². The van der Waals surface area contributed by atoms with E-state index in [4.69, 9.17) is 4.74 Å². The van der Waals surface area contributed by atoms with E-state index in [1.807, 2.05) is 0 Å². The molecule has 2 aromatic rings. The Hall–Kier alpha value is -2.74. The highest BCUT2D eigenvalue weighted by Crippen LogP contribution is 2.36. The summed E-state index contributed by atoms with van der Waals surface area (Å²) < 4.78 is 42.3. The smallest absolute Gasteiger partial charge is 0.446 e. The minimum Gasteiger partial charge on any atom is -0.484 e. The Morgan fingerprint density at radius 2 is 1.64 bits per heavy atom. The van der Waals surface area contributed by atoms with Gasteiger partial charge >= 0.3 is 5.51 Å². The maximum absolute atomic E-state index is 12.3. The molecule has 0 aliphatic carbocycles. The first-order valence-electron chi connectivity index (χ1n) is 8.15. The Balaban J connectivity index is 1.94. The lowest BCUT2D eigenvalue weighted by Gasteiger charge is -2.11. The molecule has 0 N–H and O–H groups in total. The van der Waals surface area contributed by atoms with Crippen LogP contribution < -0.4 is 4.74 Å². The van der Waals surface area contributed by atoms with Gasteiger partial charge in [-0.25, -0.2) is 0 Å². The molecule has 2 rings (SSSR count). The SMILES string of the molecule is CN(C)C(=O)COc1ccc(C(=O)/C=C/c2ccc(SC(F)(F)F)cc2)cc1. The summed E-state index contributed by atoms with van der Waals surface area (Å²) in [7, 11) is 3.25. The Morgan fingerprint density at radius 3 is 2.18 bits per heavy atom. The molecule has 28 heavy (non-hydrogen) atoms. The summed E-state index contributed by atoms with van der Waals surface area (Å²) in [5.74, 6) is 0.0286. The molecular weight excluding hydrogens is 391 g/mol. The molecular formula is C20H18F3NO3S. The highest BCUT2D eigenvalue weighted by Gasteiger charge is 2.28.